The molecule has 16 heavy (non-hydrogen) atoms. The minimum atomic E-state index is -0.714. The van der Waals surface area contributed by atoms with Gasteiger partial charge in [0.25, 0.3) is 0 Å². The Morgan fingerprint density at radius 3 is 2.88 bits per heavy atom. The first-order valence-corrected chi connectivity index (χ1v) is 5.48. The summed E-state index contributed by atoms with van der Waals surface area (Å²) in [6, 6.07) is -0.347. The zero-order valence-electron chi connectivity index (χ0n) is 9.63. The lowest BCUT2D eigenvalue weighted by Gasteiger charge is -2.23. The van der Waals surface area contributed by atoms with Gasteiger partial charge in [0.1, 0.15) is 6.04 Å². The monoisotopic (exact) mass is 223 g/mol. The van der Waals surface area contributed by atoms with E-state index in [1.807, 2.05) is 25.2 Å². The van der Waals surface area contributed by atoms with Crippen molar-refractivity contribution < 1.29 is 9.90 Å². The average Bonchev–Trinajstić information content (AvgIpc) is 2.91. The predicted octanol–water partition coefficient (Wildman–Crippen LogP) is 0.715. The fourth-order valence-corrected chi connectivity index (χ4v) is 2.10. The first-order chi connectivity index (χ1) is 7.58. The molecule has 1 aromatic rings. The lowest BCUT2D eigenvalue weighted by atomic mass is 10.1. The van der Waals surface area contributed by atoms with Gasteiger partial charge in [0.05, 0.1) is 6.20 Å². The van der Waals surface area contributed by atoms with Crippen LogP contribution in [0.2, 0.25) is 0 Å². The number of hydrogen-bond acceptors (Lipinski definition) is 3. The normalized spacial score (nSPS) is 17.7. The van der Waals surface area contributed by atoms with E-state index < -0.39 is 5.97 Å². The van der Waals surface area contributed by atoms with Crippen molar-refractivity contribution in [3.8, 4) is 0 Å². The van der Waals surface area contributed by atoms with Crippen molar-refractivity contribution in [2.45, 2.75) is 25.4 Å². The fourth-order valence-electron chi connectivity index (χ4n) is 2.10. The van der Waals surface area contributed by atoms with Crippen LogP contribution in [0.5, 0.6) is 0 Å². The molecule has 1 aromatic heterocycles. The predicted molar refractivity (Wildman–Crippen MR) is 58.8 cm³/mol. The van der Waals surface area contributed by atoms with Crippen LogP contribution in [-0.4, -0.2) is 38.8 Å². The molecule has 0 aromatic carbocycles. The van der Waals surface area contributed by atoms with Crippen molar-refractivity contribution in [3.05, 3.63) is 18.0 Å². The van der Waals surface area contributed by atoms with E-state index in [1.54, 1.807) is 10.9 Å². The van der Waals surface area contributed by atoms with Crippen molar-refractivity contribution in [1.82, 2.24) is 14.7 Å². The van der Waals surface area contributed by atoms with E-state index in [1.165, 1.54) is 0 Å². The van der Waals surface area contributed by atoms with Crippen molar-refractivity contribution >= 4 is 5.97 Å². The van der Waals surface area contributed by atoms with Crippen molar-refractivity contribution in [1.29, 1.82) is 0 Å². The third-order valence-corrected chi connectivity index (χ3v) is 2.99. The Labute approximate surface area is 94.7 Å². The van der Waals surface area contributed by atoms with Crippen LogP contribution in [0.3, 0.4) is 0 Å². The molecule has 2 rings (SSSR count). The quantitative estimate of drug-likeness (QED) is 0.799. The fraction of sp³-hybridized carbons (Fsp3) is 0.636. The second kappa shape index (κ2) is 4.25. The number of aromatic nitrogens is 2. The Balaban J connectivity index is 2.00. The molecule has 0 aliphatic heterocycles. The maximum Gasteiger partial charge on any atom is 0.321 e. The van der Waals surface area contributed by atoms with Gasteiger partial charge in [-0.2, -0.15) is 5.10 Å². The molecule has 1 fully saturated rings. The molecule has 0 radical (unpaired) electrons. The number of aliphatic carboxylic acids is 1. The van der Waals surface area contributed by atoms with Gasteiger partial charge in [-0.25, -0.2) is 0 Å². The van der Waals surface area contributed by atoms with Gasteiger partial charge in [-0.15, -0.1) is 0 Å². The highest BCUT2D eigenvalue weighted by atomic mass is 16.4. The topological polar surface area (TPSA) is 58.4 Å². The second-order valence-electron chi connectivity index (χ2n) is 4.56. The molecule has 88 valence electrons. The van der Waals surface area contributed by atoms with E-state index in [0.717, 1.165) is 18.4 Å². The standard InChI is InChI=1S/C11H17N3O2/c1-13(6-8-5-12-14(2)7-8)10(11(15)16)9-3-4-9/h5,7,9-10H,3-4,6H2,1-2H3,(H,15,16). The first kappa shape index (κ1) is 11.1. The highest BCUT2D eigenvalue weighted by Crippen LogP contribution is 2.35. The third-order valence-electron chi connectivity index (χ3n) is 2.99. The maximum atomic E-state index is 11.2. The smallest absolute Gasteiger partial charge is 0.321 e. The molecule has 1 N–H and O–H groups in total. The molecule has 0 bridgehead atoms. The van der Waals surface area contributed by atoms with E-state index in [-0.39, 0.29) is 6.04 Å². The number of carboxylic acids is 1. The summed E-state index contributed by atoms with van der Waals surface area (Å²) < 4.78 is 1.73. The molecule has 1 heterocycles. The molecular formula is C11H17N3O2. The summed E-state index contributed by atoms with van der Waals surface area (Å²) in [4.78, 5) is 13.1. The minimum Gasteiger partial charge on any atom is -0.480 e. The van der Waals surface area contributed by atoms with Crippen LogP contribution in [0.15, 0.2) is 12.4 Å². The molecule has 0 saturated heterocycles. The molecule has 1 aliphatic carbocycles. The van der Waals surface area contributed by atoms with Crippen molar-refractivity contribution in [3.63, 3.8) is 0 Å². The Morgan fingerprint density at radius 1 is 1.75 bits per heavy atom. The molecule has 5 nitrogen and oxygen atoms in total. The summed E-state index contributed by atoms with van der Waals surface area (Å²) in [6.45, 7) is 0.640. The molecule has 1 saturated carbocycles. The molecule has 0 amide bonds. The van der Waals surface area contributed by atoms with Crippen LogP contribution in [0.25, 0.3) is 0 Å². The van der Waals surface area contributed by atoms with Crippen LogP contribution in [0, 0.1) is 5.92 Å². The lowest BCUT2D eigenvalue weighted by molar-refractivity contribution is -0.143. The number of likely N-dealkylation sites (N-methyl/N-ethyl adjacent to an activating group) is 1. The number of rotatable bonds is 5. The lowest BCUT2D eigenvalue weighted by Crippen LogP contribution is -2.39. The Kier molecular flexibility index (Phi) is 2.96. The van der Waals surface area contributed by atoms with Gasteiger partial charge >= 0.3 is 5.97 Å². The van der Waals surface area contributed by atoms with Crippen molar-refractivity contribution in [2.24, 2.45) is 13.0 Å². The SMILES string of the molecule is CN(Cc1cnn(C)c1)C(C(=O)O)C1CC1. The zero-order chi connectivity index (χ0) is 11.7. The highest BCUT2D eigenvalue weighted by Gasteiger charge is 2.38. The van der Waals surface area contributed by atoms with Crippen LogP contribution in [-0.2, 0) is 18.4 Å². The van der Waals surface area contributed by atoms with E-state index >= 15 is 0 Å². The number of aryl methyl sites for hydroxylation is 1. The average molecular weight is 223 g/mol. The van der Waals surface area contributed by atoms with Crippen LogP contribution in [0.4, 0.5) is 0 Å². The minimum absolute atomic E-state index is 0.333. The maximum absolute atomic E-state index is 11.2. The summed E-state index contributed by atoms with van der Waals surface area (Å²) in [6.07, 6.45) is 5.77. The van der Waals surface area contributed by atoms with Gasteiger partial charge in [-0.1, -0.05) is 0 Å². The van der Waals surface area contributed by atoms with Crippen LogP contribution in [0.1, 0.15) is 18.4 Å². The largest absolute Gasteiger partial charge is 0.480 e. The van der Waals surface area contributed by atoms with E-state index in [0.29, 0.717) is 12.5 Å². The van der Waals surface area contributed by atoms with Crippen molar-refractivity contribution in [2.75, 3.05) is 7.05 Å². The third kappa shape index (κ3) is 2.41. The number of carbonyl (C=O) groups is 1. The molecule has 1 atom stereocenters. The summed E-state index contributed by atoms with van der Waals surface area (Å²) in [5, 5.41) is 13.3. The summed E-state index contributed by atoms with van der Waals surface area (Å²) in [5.74, 6) is -0.381. The van der Waals surface area contributed by atoms with E-state index in [9.17, 15) is 9.90 Å². The van der Waals surface area contributed by atoms with Gasteiger partial charge in [-0.05, 0) is 25.8 Å². The summed E-state index contributed by atoms with van der Waals surface area (Å²) in [7, 11) is 3.73. The Hall–Kier alpha value is -1.36. The van der Waals surface area contributed by atoms with Gasteiger partial charge < -0.3 is 5.11 Å². The number of carboxylic acid groups (broad SMARTS) is 1. The molecule has 5 heteroatoms. The first-order valence-electron chi connectivity index (χ1n) is 5.48. The van der Waals surface area contributed by atoms with Gasteiger partial charge in [0, 0.05) is 25.4 Å². The van der Waals surface area contributed by atoms with Gasteiger partial charge in [0.2, 0.25) is 0 Å². The number of nitrogens with zero attached hydrogens (tertiary/aromatic N) is 3. The van der Waals surface area contributed by atoms with Gasteiger partial charge in [-0.3, -0.25) is 14.4 Å². The summed E-state index contributed by atoms with van der Waals surface area (Å²) >= 11 is 0. The van der Waals surface area contributed by atoms with E-state index in [4.69, 9.17) is 0 Å². The number of hydrogen-bond donors (Lipinski definition) is 1. The second-order valence-corrected chi connectivity index (χ2v) is 4.56. The molecule has 0 spiro atoms. The molecular weight excluding hydrogens is 206 g/mol. The Morgan fingerprint density at radius 2 is 2.44 bits per heavy atom. The summed E-state index contributed by atoms with van der Waals surface area (Å²) in [5.41, 5.74) is 1.05. The Bertz CT molecular complexity index is 384. The van der Waals surface area contributed by atoms with Crippen LogP contribution >= 0.6 is 0 Å². The zero-order valence-corrected chi connectivity index (χ0v) is 9.63. The van der Waals surface area contributed by atoms with Crippen LogP contribution < -0.4 is 0 Å². The van der Waals surface area contributed by atoms with Gasteiger partial charge in [0.15, 0.2) is 0 Å². The molecule has 1 aliphatic rings. The van der Waals surface area contributed by atoms with E-state index in [2.05, 4.69) is 5.10 Å². The highest BCUT2D eigenvalue weighted by molar-refractivity contribution is 5.74. The molecule has 1 unspecified atom stereocenters.